The SMILES string of the molecule is CC(O)(CC(F)(F)F)C(F)(F)F. The largest absolute Gasteiger partial charge is 0.417 e. The van der Waals surface area contributed by atoms with Gasteiger partial charge in [-0.15, -0.1) is 0 Å². The molecule has 0 saturated heterocycles. The van der Waals surface area contributed by atoms with Crippen molar-refractivity contribution in [1.29, 1.82) is 0 Å². The van der Waals surface area contributed by atoms with Crippen molar-refractivity contribution in [2.75, 3.05) is 0 Å². The normalized spacial score (nSPS) is 19.0. The number of alkyl halides is 6. The maximum absolute atomic E-state index is 11.6. The van der Waals surface area contributed by atoms with Gasteiger partial charge in [0.2, 0.25) is 0 Å². The van der Waals surface area contributed by atoms with Crippen LogP contribution in [0, 0.1) is 0 Å². The van der Waals surface area contributed by atoms with Crippen LogP contribution >= 0.6 is 0 Å². The lowest BCUT2D eigenvalue weighted by Gasteiger charge is -2.26. The highest BCUT2D eigenvalue weighted by Crippen LogP contribution is 2.38. The highest BCUT2D eigenvalue weighted by Gasteiger charge is 2.55. The fourth-order valence-electron chi connectivity index (χ4n) is 0.491. The monoisotopic (exact) mass is 196 g/mol. The fourth-order valence-corrected chi connectivity index (χ4v) is 0.491. The van der Waals surface area contributed by atoms with Crippen LogP contribution in [0.1, 0.15) is 13.3 Å². The number of hydrogen-bond donors (Lipinski definition) is 1. The summed E-state index contributed by atoms with van der Waals surface area (Å²) >= 11 is 0. The Labute approximate surface area is 64.0 Å². The van der Waals surface area contributed by atoms with Crippen LogP contribution in [0.15, 0.2) is 0 Å². The summed E-state index contributed by atoms with van der Waals surface area (Å²) in [5.41, 5.74) is -3.70. The minimum atomic E-state index is -5.26. The van der Waals surface area contributed by atoms with Crippen molar-refractivity contribution in [2.45, 2.75) is 31.3 Å². The Morgan fingerprint density at radius 1 is 1.00 bits per heavy atom. The molecule has 0 aromatic carbocycles. The Balaban J connectivity index is 4.44. The molecule has 0 amide bonds. The van der Waals surface area contributed by atoms with Gasteiger partial charge in [0.1, 0.15) is 0 Å². The predicted molar refractivity (Wildman–Crippen MR) is 27.4 cm³/mol. The Hall–Kier alpha value is -0.460. The van der Waals surface area contributed by atoms with Crippen LogP contribution in [0.25, 0.3) is 0 Å². The van der Waals surface area contributed by atoms with E-state index in [0.717, 1.165) is 0 Å². The lowest BCUT2D eigenvalue weighted by Crippen LogP contribution is -2.45. The van der Waals surface area contributed by atoms with Gasteiger partial charge < -0.3 is 5.11 Å². The highest BCUT2D eigenvalue weighted by atomic mass is 19.4. The molecule has 74 valence electrons. The molecule has 0 rings (SSSR count). The van der Waals surface area contributed by atoms with Crippen LogP contribution in [-0.4, -0.2) is 23.1 Å². The smallest absolute Gasteiger partial charge is 0.380 e. The zero-order valence-electron chi connectivity index (χ0n) is 5.92. The zero-order chi connectivity index (χ0) is 10.2. The standard InChI is InChI=1S/C5H6F6O/c1-3(12,5(9,10)11)2-4(6,7)8/h12H,2H2,1H3. The van der Waals surface area contributed by atoms with Crippen LogP contribution in [0.4, 0.5) is 26.3 Å². The molecule has 7 heteroatoms. The quantitative estimate of drug-likeness (QED) is 0.637. The topological polar surface area (TPSA) is 20.2 Å². The summed E-state index contributed by atoms with van der Waals surface area (Å²) in [4.78, 5) is 0. The van der Waals surface area contributed by atoms with E-state index in [9.17, 15) is 26.3 Å². The van der Waals surface area contributed by atoms with Crippen LogP contribution in [0.5, 0.6) is 0 Å². The fraction of sp³-hybridized carbons (Fsp3) is 1.00. The van der Waals surface area contributed by atoms with Gasteiger partial charge in [0, 0.05) is 0 Å². The lowest BCUT2D eigenvalue weighted by molar-refractivity contribution is -0.286. The van der Waals surface area contributed by atoms with Gasteiger partial charge in [0.15, 0.2) is 5.60 Å². The maximum atomic E-state index is 11.6. The molecule has 0 heterocycles. The van der Waals surface area contributed by atoms with Gasteiger partial charge in [-0.25, -0.2) is 0 Å². The lowest BCUT2D eigenvalue weighted by atomic mass is 10.0. The third-order valence-corrected chi connectivity index (χ3v) is 1.16. The van der Waals surface area contributed by atoms with E-state index in [1.165, 1.54) is 0 Å². The minimum Gasteiger partial charge on any atom is -0.380 e. The summed E-state index contributed by atoms with van der Waals surface area (Å²) in [6.07, 6.45) is -12.6. The van der Waals surface area contributed by atoms with Gasteiger partial charge in [0.05, 0.1) is 6.42 Å². The van der Waals surface area contributed by atoms with Gasteiger partial charge >= 0.3 is 12.4 Å². The van der Waals surface area contributed by atoms with Crippen molar-refractivity contribution in [1.82, 2.24) is 0 Å². The molecule has 0 saturated carbocycles. The molecular formula is C5H6F6O. The molecule has 1 unspecified atom stereocenters. The summed E-state index contributed by atoms with van der Waals surface area (Å²) in [6.45, 7) is 0.0838. The Morgan fingerprint density at radius 3 is 1.42 bits per heavy atom. The average molecular weight is 196 g/mol. The summed E-state index contributed by atoms with van der Waals surface area (Å²) in [7, 11) is 0. The third-order valence-electron chi connectivity index (χ3n) is 1.16. The second kappa shape index (κ2) is 2.79. The van der Waals surface area contributed by atoms with Gasteiger partial charge in [-0.1, -0.05) is 0 Å². The first-order valence-corrected chi connectivity index (χ1v) is 2.81. The molecule has 1 atom stereocenters. The number of rotatable bonds is 1. The summed E-state index contributed by atoms with van der Waals surface area (Å²) in [5.74, 6) is 0. The van der Waals surface area contributed by atoms with Gasteiger partial charge in [-0.3, -0.25) is 0 Å². The molecule has 0 aromatic rings. The molecule has 0 fully saturated rings. The zero-order valence-corrected chi connectivity index (χ0v) is 5.92. The van der Waals surface area contributed by atoms with Crippen molar-refractivity contribution in [2.24, 2.45) is 0 Å². The maximum Gasteiger partial charge on any atom is 0.417 e. The third kappa shape index (κ3) is 3.29. The number of hydrogen-bond acceptors (Lipinski definition) is 1. The van der Waals surface area contributed by atoms with E-state index in [1.54, 1.807) is 0 Å². The molecule has 0 aliphatic rings. The predicted octanol–water partition coefficient (Wildman–Crippen LogP) is 2.25. The molecule has 0 spiro atoms. The van der Waals surface area contributed by atoms with Crippen molar-refractivity contribution < 1.29 is 31.4 Å². The second-order valence-electron chi connectivity index (χ2n) is 2.56. The van der Waals surface area contributed by atoms with E-state index in [2.05, 4.69) is 0 Å². The number of halogens is 6. The molecule has 12 heavy (non-hydrogen) atoms. The van der Waals surface area contributed by atoms with Gasteiger partial charge in [-0.05, 0) is 6.92 Å². The first-order chi connectivity index (χ1) is 4.96. The first-order valence-electron chi connectivity index (χ1n) is 2.81. The van der Waals surface area contributed by atoms with E-state index in [1.807, 2.05) is 0 Å². The van der Waals surface area contributed by atoms with Crippen molar-refractivity contribution in [3.8, 4) is 0 Å². The van der Waals surface area contributed by atoms with Gasteiger partial charge in [-0.2, -0.15) is 26.3 Å². The van der Waals surface area contributed by atoms with E-state index in [-0.39, 0.29) is 6.92 Å². The first kappa shape index (κ1) is 11.5. The molecule has 0 aromatic heterocycles. The summed E-state index contributed by atoms with van der Waals surface area (Å²) in [5, 5.41) is 8.34. The van der Waals surface area contributed by atoms with E-state index in [0.29, 0.717) is 0 Å². The summed E-state index contributed by atoms with van der Waals surface area (Å²) < 4.78 is 69.1. The Morgan fingerprint density at radius 2 is 1.33 bits per heavy atom. The highest BCUT2D eigenvalue weighted by molar-refractivity contribution is 4.83. The van der Waals surface area contributed by atoms with Crippen molar-refractivity contribution >= 4 is 0 Å². The number of aliphatic hydroxyl groups is 1. The van der Waals surface area contributed by atoms with Gasteiger partial charge in [0.25, 0.3) is 0 Å². The van der Waals surface area contributed by atoms with Crippen LogP contribution in [0.3, 0.4) is 0 Å². The Kier molecular flexibility index (Phi) is 2.68. The molecule has 0 bridgehead atoms. The second-order valence-corrected chi connectivity index (χ2v) is 2.56. The molecule has 0 aliphatic carbocycles. The molecule has 1 N–H and O–H groups in total. The van der Waals surface area contributed by atoms with Crippen LogP contribution in [-0.2, 0) is 0 Å². The molecule has 0 radical (unpaired) electrons. The van der Waals surface area contributed by atoms with Crippen molar-refractivity contribution in [3.05, 3.63) is 0 Å². The molecule has 1 nitrogen and oxygen atoms in total. The van der Waals surface area contributed by atoms with E-state index < -0.39 is 24.4 Å². The minimum absolute atomic E-state index is 0.0838. The van der Waals surface area contributed by atoms with E-state index in [4.69, 9.17) is 5.11 Å². The van der Waals surface area contributed by atoms with E-state index >= 15 is 0 Å². The molecular weight excluding hydrogens is 190 g/mol. The summed E-state index contributed by atoms with van der Waals surface area (Å²) in [6, 6.07) is 0. The average Bonchev–Trinajstić information content (AvgIpc) is 1.52. The van der Waals surface area contributed by atoms with Crippen molar-refractivity contribution in [3.63, 3.8) is 0 Å². The molecule has 0 aliphatic heterocycles. The van der Waals surface area contributed by atoms with Crippen LogP contribution < -0.4 is 0 Å². The Bertz CT molecular complexity index is 154. The van der Waals surface area contributed by atoms with Crippen LogP contribution in [0.2, 0.25) is 0 Å².